The topological polar surface area (TPSA) is 38.3 Å². The molecule has 1 N–H and O–H groups in total. The highest BCUT2D eigenvalue weighted by atomic mass is 16.5. The predicted octanol–water partition coefficient (Wildman–Crippen LogP) is 4.01. The molecule has 0 aliphatic heterocycles. The molecule has 0 aromatic heterocycles. The monoisotopic (exact) mass is 297 g/mol. The van der Waals surface area contributed by atoms with E-state index in [1.807, 2.05) is 31.2 Å². The number of hydrogen-bond acceptors (Lipinski definition) is 2. The molecule has 3 rings (SSSR count). The standard InChI is InChI=1S/C19H23NO2/c1-13(19(21)20-17-5-3-4-6-17)14-7-8-16-12-18(22-2)10-9-15(16)11-14/h7-13,17H,3-6H2,1-2H3,(H,20,21)/t13-/m1/s1. The van der Waals surface area contributed by atoms with Crippen LogP contribution in [0.4, 0.5) is 0 Å². The number of carbonyl (C=O) groups excluding carboxylic acids is 1. The minimum atomic E-state index is -0.118. The molecule has 1 aliphatic rings. The number of amides is 1. The van der Waals surface area contributed by atoms with Crippen LogP contribution >= 0.6 is 0 Å². The quantitative estimate of drug-likeness (QED) is 0.926. The largest absolute Gasteiger partial charge is 0.497 e. The van der Waals surface area contributed by atoms with E-state index < -0.39 is 0 Å². The van der Waals surface area contributed by atoms with E-state index in [2.05, 4.69) is 17.4 Å². The van der Waals surface area contributed by atoms with E-state index in [0.717, 1.165) is 34.9 Å². The summed E-state index contributed by atoms with van der Waals surface area (Å²) in [5, 5.41) is 5.45. The molecule has 1 fully saturated rings. The zero-order valence-electron chi connectivity index (χ0n) is 13.3. The molecule has 0 spiro atoms. The molecule has 22 heavy (non-hydrogen) atoms. The van der Waals surface area contributed by atoms with E-state index in [1.165, 1.54) is 12.8 Å². The first-order valence-electron chi connectivity index (χ1n) is 8.05. The lowest BCUT2D eigenvalue weighted by Gasteiger charge is -2.17. The van der Waals surface area contributed by atoms with Gasteiger partial charge >= 0.3 is 0 Å². The summed E-state index contributed by atoms with van der Waals surface area (Å²) < 4.78 is 5.25. The van der Waals surface area contributed by atoms with Crippen molar-refractivity contribution < 1.29 is 9.53 Å². The Labute approximate surface area is 131 Å². The first-order chi connectivity index (χ1) is 10.7. The number of ether oxygens (including phenoxy) is 1. The van der Waals surface area contributed by atoms with Gasteiger partial charge in [-0.3, -0.25) is 4.79 Å². The van der Waals surface area contributed by atoms with Gasteiger partial charge in [0.05, 0.1) is 13.0 Å². The lowest BCUT2D eigenvalue weighted by atomic mass is 9.96. The molecule has 2 aromatic carbocycles. The van der Waals surface area contributed by atoms with Gasteiger partial charge in [-0.05, 0) is 48.2 Å². The number of benzene rings is 2. The van der Waals surface area contributed by atoms with Gasteiger partial charge in [0.15, 0.2) is 0 Å². The molecule has 2 aromatic rings. The van der Waals surface area contributed by atoms with Gasteiger partial charge in [0.25, 0.3) is 0 Å². The van der Waals surface area contributed by atoms with Crippen molar-refractivity contribution in [2.24, 2.45) is 0 Å². The Morgan fingerprint density at radius 1 is 1.14 bits per heavy atom. The SMILES string of the molecule is COc1ccc2cc([C@@H](C)C(=O)NC3CCCC3)ccc2c1. The smallest absolute Gasteiger partial charge is 0.227 e. The van der Waals surface area contributed by atoms with Crippen molar-refractivity contribution >= 4 is 16.7 Å². The highest BCUT2D eigenvalue weighted by Gasteiger charge is 2.21. The van der Waals surface area contributed by atoms with Gasteiger partial charge in [-0.25, -0.2) is 0 Å². The fraction of sp³-hybridized carbons (Fsp3) is 0.421. The second kappa shape index (κ2) is 6.39. The summed E-state index contributed by atoms with van der Waals surface area (Å²) in [6, 6.07) is 12.6. The van der Waals surface area contributed by atoms with E-state index in [1.54, 1.807) is 7.11 Å². The van der Waals surface area contributed by atoms with Crippen LogP contribution in [0.25, 0.3) is 10.8 Å². The van der Waals surface area contributed by atoms with E-state index in [0.29, 0.717) is 6.04 Å². The summed E-state index contributed by atoms with van der Waals surface area (Å²) in [7, 11) is 1.67. The molecule has 0 bridgehead atoms. The number of nitrogens with one attached hydrogen (secondary N) is 1. The summed E-state index contributed by atoms with van der Waals surface area (Å²) in [5.74, 6) is 0.874. The van der Waals surface area contributed by atoms with Gasteiger partial charge < -0.3 is 10.1 Å². The van der Waals surface area contributed by atoms with Crippen LogP contribution in [0, 0.1) is 0 Å². The molecule has 0 unspecified atom stereocenters. The number of hydrogen-bond donors (Lipinski definition) is 1. The number of fused-ring (bicyclic) bond motifs is 1. The van der Waals surface area contributed by atoms with Crippen LogP contribution in [-0.2, 0) is 4.79 Å². The maximum absolute atomic E-state index is 12.4. The summed E-state index contributed by atoms with van der Waals surface area (Å²) in [6.45, 7) is 1.98. The Hall–Kier alpha value is -2.03. The van der Waals surface area contributed by atoms with Gasteiger partial charge in [-0.1, -0.05) is 37.1 Å². The van der Waals surface area contributed by atoms with E-state index in [4.69, 9.17) is 4.74 Å². The van der Waals surface area contributed by atoms with Crippen LogP contribution in [0.2, 0.25) is 0 Å². The molecule has 0 heterocycles. The second-order valence-corrected chi connectivity index (χ2v) is 6.18. The molecule has 116 valence electrons. The third-order valence-electron chi connectivity index (χ3n) is 4.67. The van der Waals surface area contributed by atoms with Gasteiger partial charge in [-0.15, -0.1) is 0 Å². The van der Waals surface area contributed by atoms with Gasteiger partial charge in [-0.2, -0.15) is 0 Å². The summed E-state index contributed by atoms with van der Waals surface area (Å²) in [4.78, 5) is 12.4. The fourth-order valence-corrected chi connectivity index (χ4v) is 3.19. The van der Waals surface area contributed by atoms with Crippen molar-refractivity contribution in [3.63, 3.8) is 0 Å². The molecule has 1 amide bonds. The van der Waals surface area contributed by atoms with Crippen molar-refractivity contribution in [1.29, 1.82) is 0 Å². The first-order valence-corrected chi connectivity index (χ1v) is 8.05. The van der Waals surface area contributed by atoms with Gasteiger partial charge in [0, 0.05) is 6.04 Å². The Balaban J connectivity index is 1.78. The Morgan fingerprint density at radius 2 is 1.82 bits per heavy atom. The predicted molar refractivity (Wildman–Crippen MR) is 89.3 cm³/mol. The average molecular weight is 297 g/mol. The maximum Gasteiger partial charge on any atom is 0.227 e. The summed E-state index contributed by atoms with van der Waals surface area (Å²) in [5.41, 5.74) is 1.06. The van der Waals surface area contributed by atoms with Crippen molar-refractivity contribution in [1.82, 2.24) is 5.32 Å². The molecule has 0 radical (unpaired) electrons. The average Bonchev–Trinajstić information content (AvgIpc) is 3.06. The normalized spacial score (nSPS) is 16.6. The molecular weight excluding hydrogens is 274 g/mol. The molecule has 3 nitrogen and oxygen atoms in total. The lowest BCUT2D eigenvalue weighted by Crippen LogP contribution is -2.35. The van der Waals surface area contributed by atoms with Crippen LogP contribution in [0.15, 0.2) is 36.4 Å². The number of rotatable bonds is 4. The van der Waals surface area contributed by atoms with Gasteiger partial charge in [0.1, 0.15) is 5.75 Å². The van der Waals surface area contributed by atoms with E-state index in [-0.39, 0.29) is 11.8 Å². The molecule has 0 saturated heterocycles. The zero-order chi connectivity index (χ0) is 15.5. The lowest BCUT2D eigenvalue weighted by molar-refractivity contribution is -0.122. The summed E-state index contributed by atoms with van der Waals surface area (Å²) >= 11 is 0. The van der Waals surface area contributed by atoms with Crippen molar-refractivity contribution in [3.05, 3.63) is 42.0 Å². The fourth-order valence-electron chi connectivity index (χ4n) is 3.19. The number of carbonyl (C=O) groups is 1. The molecule has 1 saturated carbocycles. The molecule has 3 heteroatoms. The molecular formula is C19H23NO2. The van der Waals surface area contributed by atoms with E-state index >= 15 is 0 Å². The molecule has 1 atom stereocenters. The highest BCUT2D eigenvalue weighted by molar-refractivity contribution is 5.88. The van der Waals surface area contributed by atoms with E-state index in [9.17, 15) is 4.79 Å². The second-order valence-electron chi connectivity index (χ2n) is 6.18. The van der Waals surface area contributed by atoms with Crippen LogP contribution in [-0.4, -0.2) is 19.1 Å². The third-order valence-corrected chi connectivity index (χ3v) is 4.67. The van der Waals surface area contributed by atoms with Crippen LogP contribution in [0.1, 0.15) is 44.1 Å². The highest BCUT2D eigenvalue weighted by Crippen LogP contribution is 2.26. The van der Waals surface area contributed by atoms with Crippen molar-refractivity contribution in [3.8, 4) is 5.75 Å². The minimum Gasteiger partial charge on any atom is -0.497 e. The first kappa shape index (κ1) is 14.9. The Morgan fingerprint density at radius 3 is 2.55 bits per heavy atom. The van der Waals surface area contributed by atoms with Crippen molar-refractivity contribution in [2.75, 3.05) is 7.11 Å². The minimum absolute atomic E-state index is 0.118. The van der Waals surface area contributed by atoms with Gasteiger partial charge in [0.2, 0.25) is 5.91 Å². The maximum atomic E-state index is 12.4. The summed E-state index contributed by atoms with van der Waals surface area (Å²) in [6.07, 6.45) is 4.71. The van der Waals surface area contributed by atoms with Crippen molar-refractivity contribution in [2.45, 2.75) is 44.6 Å². The Kier molecular flexibility index (Phi) is 4.32. The number of methoxy groups -OCH3 is 1. The van der Waals surface area contributed by atoms with Crippen LogP contribution in [0.3, 0.4) is 0 Å². The zero-order valence-corrected chi connectivity index (χ0v) is 13.3. The van der Waals surface area contributed by atoms with Crippen LogP contribution in [0.5, 0.6) is 5.75 Å². The molecule has 1 aliphatic carbocycles. The Bertz CT molecular complexity index is 674. The third kappa shape index (κ3) is 3.08. The van der Waals surface area contributed by atoms with Crippen LogP contribution < -0.4 is 10.1 Å².